The molecule has 1 heterocycles. The molecule has 1 aromatic rings. The summed E-state index contributed by atoms with van der Waals surface area (Å²) in [6.07, 6.45) is 1.74. The average molecular weight is 333 g/mol. The molecule has 0 aliphatic heterocycles. The van der Waals surface area contributed by atoms with Gasteiger partial charge in [-0.1, -0.05) is 27.7 Å². The molecule has 0 spiro atoms. The maximum absolute atomic E-state index is 5.26. The third-order valence-electron chi connectivity index (χ3n) is 2.72. The van der Waals surface area contributed by atoms with Crippen molar-refractivity contribution in [3.05, 3.63) is 16.7 Å². The summed E-state index contributed by atoms with van der Waals surface area (Å²) in [6.45, 7) is 8.92. The fraction of sp³-hybridized carbons (Fsp3) is 0.615. The zero-order valence-electron chi connectivity index (χ0n) is 11.5. The van der Waals surface area contributed by atoms with Crippen molar-refractivity contribution < 1.29 is 4.74 Å². The highest BCUT2D eigenvalue weighted by atomic mass is 79.9. The summed E-state index contributed by atoms with van der Waals surface area (Å²) >= 11 is 5.01. The maximum atomic E-state index is 5.26. The molecule has 0 amide bonds. The molecule has 1 rings (SSSR count). The van der Waals surface area contributed by atoms with Crippen LogP contribution >= 0.6 is 27.9 Å². The van der Waals surface area contributed by atoms with Crippen molar-refractivity contribution in [3.63, 3.8) is 0 Å². The zero-order chi connectivity index (χ0) is 13.7. The number of pyridine rings is 1. The number of halogens is 1. The Bertz CT molecular complexity index is 377. The molecule has 0 radical (unpaired) electrons. The van der Waals surface area contributed by atoms with E-state index in [0.717, 1.165) is 9.37 Å². The molecule has 0 bridgehead atoms. The van der Waals surface area contributed by atoms with Gasteiger partial charge in [0, 0.05) is 16.7 Å². The Hall–Kier alpha value is -0.260. The van der Waals surface area contributed by atoms with E-state index in [2.05, 4.69) is 53.3 Å². The average Bonchev–Trinajstić information content (AvgIpc) is 2.28. The van der Waals surface area contributed by atoms with Gasteiger partial charge in [0.15, 0.2) is 0 Å². The normalized spacial score (nSPS) is 11.6. The fourth-order valence-electron chi connectivity index (χ4n) is 1.81. The first kappa shape index (κ1) is 15.8. The highest BCUT2D eigenvalue weighted by Gasteiger charge is 2.18. The lowest BCUT2D eigenvalue weighted by Gasteiger charge is -2.25. The molecular weight excluding hydrogens is 312 g/mol. The van der Waals surface area contributed by atoms with Crippen LogP contribution in [0.15, 0.2) is 21.6 Å². The first-order chi connectivity index (χ1) is 8.45. The van der Waals surface area contributed by atoms with E-state index in [1.165, 1.54) is 0 Å². The van der Waals surface area contributed by atoms with Gasteiger partial charge in [-0.15, -0.1) is 0 Å². The number of aromatic nitrogens is 1. The second kappa shape index (κ2) is 7.36. The topological polar surface area (TPSA) is 34.1 Å². The van der Waals surface area contributed by atoms with Crippen molar-refractivity contribution in [1.29, 1.82) is 0 Å². The van der Waals surface area contributed by atoms with Crippen LogP contribution in [0.25, 0.3) is 0 Å². The number of hydrogen-bond acceptors (Lipinski definition) is 4. The first-order valence-electron chi connectivity index (χ1n) is 6.07. The van der Waals surface area contributed by atoms with Gasteiger partial charge < -0.3 is 4.74 Å². The number of methoxy groups -OCH3 is 1. The molecule has 0 atom stereocenters. The predicted molar refractivity (Wildman–Crippen MR) is 80.9 cm³/mol. The van der Waals surface area contributed by atoms with Crippen molar-refractivity contribution in [2.75, 3.05) is 7.11 Å². The van der Waals surface area contributed by atoms with Crippen LogP contribution in [-0.4, -0.2) is 18.1 Å². The molecule has 3 nitrogen and oxygen atoms in total. The minimum absolute atomic E-state index is 0.457. The van der Waals surface area contributed by atoms with Crippen LogP contribution < -0.4 is 9.46 Å². The molecule has 18 heavy (non-hydrogen) atoms. The van der Waals surface area contributed by atoms with E-state index in [4.69, 9.17) is 4.74 Å². The highest BCUT2D eigenvalue weighted by molar-refractivity contribution is 9.10. The van der Waals surface area contributed by atoms with Gasteiger partial charge in [0.1, 0.15) is 0 Å². The van der Waals surface area contributed by atoms with Crippen LogP contribution in [0, 0.1) is 11.8 Å². The van der Waals surface area contributed by atoms with Gasteiger partial charge in [-0.3, -0.25) is 4.72 Å². The van der Waals surface area contributed by atoms with Gasteiger partial charge in [0.05, 0.1) is 12.0 Å². The van der Waals surface area contributed by atoms with Crippen LogP contribution in [0.3, 0.4) is 0 Å². The van der Waals surface area contributed by atoms with Crippen LogP contribution in [0.4, 0.5) is 0 Å². The van der Waals surface area contributed by atoms with E-state index in [-0.39, 0.29) is 0 Å². The first-order valence-corrected chi connectivity index (χ1v) is 7.68. The Morgan fingerprint density at radius 3 is 2.39 bits per heavy atom. The third kappa shape index (κ3) is 4.44. The Morgan fingerprint density at radius 2 is 1.89 bits per heavy atom. The molecular formula is C13H21BrN2OS. The van der Waals surface area contributed by atoms with Crippen molar-refractivity contribution in [2.45, 2.75) is 38.6 Å². The molecule has 1 N–H and O–H groups in total. The largest absolute Gasteiger partial charge is 0.480 e. The molecule has 1 aromatic heterocycles. The third-order valence-corrected chi connectivity index (χ3v) is 4.06. The van der Waals surface area contributed by atoms with E-state index < -0.39 is 0 Å². The van der Waals surface area contributed by atoms with Gasteiger partial charge >= 0.3 is 0 Å². The number of nitrogens with one attached hydrogen (secondary N) is 1. The van der Waals surface area contributed by atoms with Crippen molar-refractivity contribution in [2.24, 2.45) is 11.8 Å². The molecule has 0 aromatic carbocycles. The summed E-state index contributed by atoms with van der Waals surface area (Å²) in [4.78, 5) is 5.23. The van der Waals surface area contributed by atoms with E-state index in [9.17, 15) is 0 Å². The van der Waals surface area contributed by atoms with Crippen LogP contribution in [-0.2, 0) is 0 Å². The van der Waals surface area contributed by atoms with Gasteiger partial charge in [0.25, 0.3) is 0 Å². The molecule has 0 unspecified atom stereocenters. The van der Waals surface area contributed by atoms with E-state index in [1.54, 1.807) is 25.3 Å². The summed E-state index contributed by atoms with van der Waals surface area (Å²) in [5.41, 5.74) is 0. The Morgan fingerprint density at radius 1 is 1.28 bits per heavy atom. The molecule has 0 saturated carbocycles. The molecule has 0 saturated heterocycles. The zero-order valence-corrected chi connectivity index (χ0v) is 13.9. The minimum Gasteiger partial charge on any atom is -0.480 e. The monoisotopic (exact) mass is 332 g/mol. The van der Waals surface area contributed by atoms with Crippen molar-refractivity contribution in [1.82, 2.24) is 9.71 Å². The van der Waals surface area contributed by atoms with E-state index in [0.29, 0.717) is 23.8 Å². The van der Waals surface area contributed by atoms with Crippen molar-refractivity contribution in [3.8, 4) is 5.88 Å². The molecule has 5 heteroatoms. The highest BCUT2D eigenvalue weighted by Crippen LogP contribution is 2.29. The smallest absolute Gasteiger partial charge is 0.228 e. The second-order valence-electron chi connectivity index (χ2n) is 4.89. The minimum atomic E-state index is 0.457. The molecule has 0 aliphatic carbocycles. The SMILES string of the molecule is COc1ncc(Br)cc1SNC(C(C)C)C(C)C. The number of rotatable bonds is 6. The van der Waals surface area contributed by atoms with Gasteiger partial charge in [-0.05, 0) is 45.8 Å². The summed E-state index contributed by atoms with van der Waals surface area (Å²) in [6, 6.07) is 2.47. The summed E-state index contributed by atoms with van der Waals surface area (Å²) < 4.78 is 9.73. The lowest BCUT2D eigenvalue weighted by Crippen LogP contribution is -2.33. The van der Waals surface area contributed by atoms with Gasteiger partial charge in [-0.25, -0.2) is 4.98 Å². The second-order valence-corrected chi connectivity index (χ2v) is 6.69. The van der Waals surface area contributed by atoms with Crippen LogP contribution in [0.5, 0.6) is 5.88 Å². The van der Waals surface area contributed by atoms with Gasteiger partial charge in [0.2, 0.25) is 5.88 Å². The van der Waals surface area contributed by atoms with Gasteiger partial charge in [-0.2, -0.15) is 0 Å². The van der Waals surface area contributed by atoms with Crippen LogP contribution in [0.1, 0.15) is 27.7 Å². The van der Waals surface area contributed by atoms with Crippen LogP contribution in [0.2, 0.25) is 0 Å². The molecule has 0 aliphatic rings. The summed E-state index contributed by atoms with van der Waals surface area (Å²) in [7, 11) is 1.64. The Balaban J connectivity index is 2.75. The summed E-state index contributed by atoms with van der Waals surface area (Å²) in [5.74, 6) is 1.83. The Labute approximate surface area is 122 Å². The number of hydrogen-bond donors (Lipinski definition) is 1. The number of ether oxygens (including phenoxy) is 1. The molecule has 102 valence electrons. The van der Waals surface area contributed by atoms with E-state index in [1.807, 2.05) is 6.07 Å². The standard InChI is InChI=1S/C13H21BrN2OS/c1-8(2)12(9(3)4)16-18-11-6-10(14)7-15-13(11)17-5/h6-9,12,16H,1-5H3. The Kier molecular flexibility index (Phi) is 6.46. The fourth-order valence-corrected chi connectivity index (χ4v) is 3.51. The van der Waals surface area contributed by atoms with E-state index >= 15 is 0 Å². The quantitative estimate of drug-likeness (QED) is 0.794. The lowest BCUT2D eigenvalue weighted by molar-refractivity contribution is 0.364. The maximum Gasteiger partial charge on any atom is 0.228 e. The van der Waals surface area contributed by atoms with Crippen molar-refractivity contribution >= 4 is 27.9 Å². The molecule has 0 fully saturated rings. The summed E-state index contributed by atoms with van der Waals surface area (Å²) in [5, 5.41) is 0. The predicted octanol–water partition coefficient (Wildman–Crippen LogP) is 4.13. The lowest BCUT2D eigenvalue weighted by atomic mass is 9.94. The number of nitrogens with zero attached hydrogens (tertiary/aromatic N) is 1.